The molecule has 0 spiro atoms. The minimum absolute atomic E-state index is 0.124. The topological polar surface area (TPSA) is 243 Å². The number of nitrogens with zero attached hydrogens (tertiary/aromatic N) is 1. The number of carboxylic acid groups (broad SMARTS) is 2. The second-order valence-electron chi connectivity index (χ2n) is 7.80. The third-order valence-corrected chi connectivity index (χ3v) is 4.92. The number of hydrogen-bond donors (Lipinski definition) is 8. The van der Waals surface area contributed by atoms with Crippen molar-refractivity contribution in [3.05, 3.63) is 18.2 Å². The van der Waals surface area contributed by atoms with Crippen molar-refractivity contribution >= 4 is 29.7 Å². The number of nitrogens with one attached hydrogen (secondary N) is 4. The molecular weight excluding hydrogens is 450 g/mol. The third kappa shape index (κ3) is 10.4. The van der Waals surface area contributed by atoms with Gasteiger partial charge in [0.15, 0.2) is 0 Å². The summed E-state index contributed by atoms with van der Waals surface area (Å²) in [6, 6.07) is -4.61. The van der Waals surface area contributed by atoms with Crippen molar-refractivity contribution in [1.29, 1.82) is 0 Å². The van der Waals surface area contributed by atoms with Gasteiger partial charge in [0, 0.05) is 24.7 Å². The van der Waals surface area contributed by atoms with E-state index < -0.39 is 60.2 Å². The van der Waals surface area contributed by atoms with Gasteiger partial charge in [-0.2, -0.15) is 0 Å². The maximum Gasteiger partial charge on any atom is 0.326 e. The van der Waals surface area contributed by atoms with E-state index in [1.165, 1.54) is 19.4 Å². The third-order valence-electron chi connectivity index (χ3n) is 4.92. The quantitative estimate of drug-likeness (QED) is 0.118. The fourth-order valence-corrected chi connectivity index (χ4v) is 2.97. The summed E-state index contributed by atoms with van der Waals surface area (Å²) in [6.45, 7) is 1.74. The number of rotatable bonds is 16. The molecule has 4 unspecified atom stereocenters. The normalized spacial score (nSPS) is 14.3. The van der Waals surface area contributed by atoms with Crippen molar-refractivity contribution in [2.75, 3.05) is 6.54 Å². The highest BCUT2D eigenvalue weighted by Crippen LogP contribution is 2.05. The highest BCUT2D eigenvalue weighted by Gasteiger charge is 2.29. The van der Waals surface area contributed by atoms with Gasteiger partial charge in [0.1, 0.15) is 18.1 Å². The van der Waals surface area contributed by atoms with Crippen LogP contribution in [0.1, 0.15) is 44.7 Å². The fraction of sp³-hybridized carbons (Fsp3) is 0.600. The van der Waals surface area contributed by atoms with E-state index in [0.29, 0.717) is 25.1 Å². The number of nitrogens with two attached hydrogens (primary N) is 2. The van der Waals surface area contributed by atoms with Crippen LogP contribution in [0, 0.1) is 0 Å². The van der Waals surface area contributed by atoms with Crippen molar-refractivity contribution in [2.24, 2.45) is 11.5 Å². The molecule has 190 valence electrons. The lowest BCUT2D eigenvalue weighted by Gasteiger charge is -2.23. The zero-order valence-corrected chi connectivity index (χ0v) is 19.0. The predicted octanol–water partition coefficient (Wildman–Crippen LogP) is -2.17. The highest BCUT2D eigenvalue weighted by molar-refractivity contribution is 5.94. The molecule has 1 rings (SSSR count). The number of unbranched alkanes of at least 4 members (excludes halogenated alkanes) is 1. The number of carbonyl (C=O) groups excluding carboxylic acids is 3. The minimum Gasteiger partial charge on any atom is -0.481 e. The molecule has 0 aliphatic heterocycles. The van der Waals surface area contributed by atoms with E-state index in [2.05, 4.69) is 25.9 Å². The zero-order valence-electron chi connectivity index (χ0n) is 19.0. The molecule has 14 nitrogen and oxygen atoms in total. The van der Waals surface area contributed by atoms with Crippen molar-refractivity contribution < 1.29 is 34.2 Å². The van der Waals surface area contributed by atoms with Gasteiger partial charge in [-0.05, 0) is 39.2 Å². The molecule has 1 aromatic rings. The fourth-order valence-electron chi connectivity index (χ4n) is 2.97. The lowest BCUT2D eigenvalue weighted by molar-refractivity contribution is -0.143. The van der Waals surface area contributed by atoms with Crippen LogP contribution in [-0.4, -0.2) is 80.6 Å². The molecule has 14 heteroatoms. The van der Waals surface area contributed by atoms with E-state index in [0.717, 1.165) is 0 Å². The Morgan fingerprint density at radius 3 is 2.24 bits per heavy atom. The number of amides is 3. The average molecular weight is 484 g/mol. The Balaban J connectivity index is 2.74. The van der Waals surface area contributed by atoms with Crippen LogP contribution in [0.5, 0.6) is 0 Å². The van der Waals surface area contributed by atoms with Gasteiger partial charge in [-0.1, -0.05) is 0 Å². The van der Waals surface area contributed by atoms with Crippen LogP contribution in [0.15, 0.2) is 12.5 Å². The molecule has 4 atom stereocenters. The maximum atomic E-state index is 12.6. The van der Waals surface area contributed by atoms with Crippen LogP contribution >= 0.6 is 0 Å². The van der Waals surface area contributed by atoms with Gasteiger partial charge in [-0.15, -0.1) is 0 Å². The van der Waals surface area contributed by atoms with E-state index in [4.69, 9.17) is 16.6 Å². The van der Waals surface area contributed by atoms with Crippen LogP contribution in [-0.2, 0) is 30.4 Å². The molecule has 10 N–H and O–H groups in total. The summed E-state index contributed by atoms with van der Waals surface area (Å²) in [4.78, 5) is 66.6. The predicted molar refractivity (Wildman–Crippen MR) is 119 cm³/mol. The molecule has 34 heavy (non-hydrogen) atoms. The Morgan fingerprint density at radius 2 is 1.68 bits per heavy atom. The number of imidazole rings is 1. The number of hydrogen-bond acceptors (Lipinski definition) is 8. The summed E-state index contributed by atoms with van der Waals surface area (Å²) < 4.78 is 0. The van der Waals surface area contributed by atoms with E-state index in [9.17, 15) is 29.1 Å². The van der Waals surface area contributed by atoms with Gasteiger partial charge >= 0.3 is 11.9 Å². The zero-order chi connectivity index (χ0) is 25.7. The second kappa shape index (κ2) is 14.6. The molecule has 3 amide bonds. The first-order valence-corrected chi connectivity index (χ1v) is 10.8. The molecule has 0 aromatic carbocycles. The first kappa shape index (κ1) is 28.5. The van der Waals surface area contributed by atoms with Crippen LogP contribution in [0.2, 0.25) is 0 Å². The Kier molecular flexibility index (Phi) is 12.2. The lowest BCUT2D eigenvalue weighted by Crippen LogP contribution is -2.56. The monoisotopic (exact) mass is 483 g/mol. The molecule has 0 aliphatic rings. The van der Waals surface area contributed by atoms with Crippen molar-refractivity contribution in [2.45, 2.75) is 69.6 Å². The molecule has 1 heterocycles. The molecule has 1 aromatic heterocycles. The second-order valence-corrected chi connectivity index (χ2v) is 7.80. The molecule has 0 fully saturated rings. The number of aliphatic carboxylic acids is 2. The minimum atomic E-state index is -1.32. The Bertz CT molecular complexity index is 831. The molecule has 0 saturated carbocycles. The van der Waals surface area contributed by atoms with Crippen LogP contribution in [0.3, 0.4) is 0 Å². The van der Waals surface area contributed by atoms with Crippen LogP contribution in [0.25, 0.3) is 0 Å². The smallest absolute Gasteiger partial charge is 0.326 e. The summed E-state index contributed by atoms with van der Waals surface area (Å²) in [6.07, 6.45) is 3.53. The summed E-state index contributed by atoms with van der Waals surface area (Å²) in [7, 11) is 0. The molecule has 0 saturated heterocycles. The Morgan fingerprint density at radius 1 is 1.00 bits per heavy atom. The van der Waals surface area contributed by atoms with E-state index >= 15 is 0 Å². The molecule has 0 bridgehead atoms. The van der Waals surface area contributed by atoms with Crippen molar-refractivity contribution in [3.63, 3.8) is 0 Å². The van der Waals surface area contributed by atoms with Crippen LogP contribution < -0.4 is 27.4 Å². The summed E-state index contributed by atoms with van der Waals surface area (Å²) in [5.74, 6) is -4.68. The average Bonchev–Trinajstić information content (AvgIpc) is 3.28. The number of carbonyl (C=O) groups is 5. The van der Waals surface area contributed by atoms with Gasteiger partial charge < -0.3 is 42.6 Å². The van der Waals surface area contributed by atoms with E-state index in [-0.39, 0.29) is 19.3 Å². The van der Waals surface area contributed by atoms with Crippen molar-refractivity contribution in [3.8, 4) is 0 Å². The van der Waals surface area contributed by atoms with E-state index in [1.54, 1.807) is 0 Å². The molecule has 0 radical (unpaired) electrons. The number of aromatic amines is 1. The summed E-state index contributed by atoms with van der Waals surface area (Å²) in [5, 5.41) is 25.4. The highest BCUT2D eigenvalue weighted by atomic mass is 16.4. The summed E-state index contributed by atoms with van der Waals surface area (Å²) >= 11 is 0. The largest absolute Gasteiger partial charge is 0.481 e. The van der Waals surface area contributed by atoms with Crippen LogP contribution in [0.4, 0.5) is 0 Å². The van der Waals surface area contributed by atoms with Gasteiger partial charge in [0.25, 0.3) is 0 Å². The first-order chi connectivity index (χ1) is 16.0. The SMILES string of the molecule is CC(NC(=O)C(N)Cc1cnc[nH]1)C(=O)NC(CCC(=O)O)C(=O)NC(CCCCN)C(=O)O. The standard InChI is InChI=1S/C20H33N7O7/c1-11(25-18(31)13(22)8-12-9-23-10-24-12)17(30)26-14(5-6-16(28)29)19(32)27-15(20(33)34)4-2-3-7-21/h9-11,13-15H,2-8,21-22H2,1H3,(H,23,24)(H,25,31)(H,26,30)(H,27,32)(H,28,29)(H,33,34). The maximum absolute atomic E-state index is 12.6. The van der Waals surface area contributed by atoms with E-state index in [1.807, 2.05) is 0 Å². The summed E-state index contributed by atoms with van der Waals surface area (Å²) in [5.41, 5.74) is 11.9. The number of carboxylic acids is 2. The number of H-pyrrole nitrogens is 1. The van der Waals surface area contributed by atoms with Gasteiger partial charge in [-0.3, -0.25) is 19.2 Å². The number of aromatic nitrogens is 2. The Labute approximate surface area is 196 Å². The van der Waals surface area contributed by atoms with Gasteiger partial charge in [0.05, 0.1) is 12.4 Å². The first-order valence-electron chi connectivity index (χ1n) is 10.8. The Hall–Kier alpha value is -3.52. The molecular formula is C20H33N7O7. The van der Waals surface area contributed by atoms with Gasteiger partial charge in [-0.25, -0.2) is 9.78 Å². The van der Waals surface area contributed by atoms with Crippen molar-refractivity contribution in [1.82, 2.24) is 25.9 Å². The molecule has 0 aliphatic carbocycles. The lowest BCUT2D eigenvalue weighted by atomic mass is 10.1. The van der Waals surface area contributed by atoms with Gasteiger partial charge in [0.2, 0.25) is 17.7 Å².